The van der Waals surface area contributed by atoms with E-state index in [-0.39, 0.29) is 6.10 Å². The van der Waals surface area contributed by atoms with E-state index < -0.39 is 0 Å². The van der Waals surface area contributed by atoms with E-state index in [1.54, 1.807) is 0 Å². The molecule has 3 rings (SSSR count). The van der Waals surface area contributed by atoms with E-state index in [0.717, 1.165) is 44.4 Å². The van der Waals surface area contributed by atoms with Crippen LogP contribution in [0.4, 0.5) is 0 Å². The number of carbonyl (C=O) groups is 1. The van der Waals surface area contributed by atoms with Crippen LogP contribution in [0.3, 0.4) is 0 Å². The predicted molar refractivity (Wildman–Crippen MR) is 75.0 cm³/mol. The average Bonchev–Trinajstić information content (AvgIpc) is 3.25. The quantitative estimate of drug-likeness (QED) is 0.782. The van der Waals surface area contributed by atoms with Gasteiger partial charge in [0.25, 0.3) is 0 Å². The molecule has 1 saturated heterocycles. The van der Waals surface area contributed by atoms with Crippen LogP contribution in [0.25, 0.3) is 0 Å². The van der Waals surface area contributed by atoms with Crippen molar-refractivity contribution in [3.05, 3.63) is 0 Å². The van der Waals surface area contributed by atoms with Crippen LogP contribution in [-0.4, -0.2) is 43.0 Å². The van der Waals surface area contributed by atoms with Gasteiger partial charge in [-0.1, -0.05) is 26.2 Å². The van der Waals surface area contributed by atoms with E-state index in [0.29, 0.717) is 11.7 Å². The van der Waals surface area contributed by atoms with Gasteiger partial charge in [0.2, 0.25) is 0 Å². The number of rotatable bonds is 4. The summed E-state index contributed by atoms with van der Waals surface area (Å²) < 4.78 is 5.70. The zero-order valence-electron chi connectivity index (χ0n) is 12.1. The monoisotopic (exact) mass is 265 g/mol. The standard InChI is InChI=1S/C16H27NO2/c1-12-4-2-3-5-14(12)10-17-8-9-19-15(11-17)16(18)13-6-7-13/h12-15H,2-11H2,1H3/t12-,14+,15-/m1/s1. The van der Waals surface area contributed by atoms with Gasteiger partial charge in [0.15, 0.2) is 5.78 Å². The Labute approximate surface area is 116 Å². The van der Waals surface area contributed by atoms with Gasteiger partial charge in [0.1, 0.15) is 6.10 Å². The molecule has 3 aliphatic rings. The van der Waals surface area contributed by atoms with Crippen LogP contribution in [0.15, 0.2) is 0 Å². The first-order valence-corrected chi connectivity index (χ1v) is 8.11. The fourth-order valence-corrected chi connectivity index (χ4v) is 3.67. The molecule has 3 atom stereocenters. The third-order valence-electron chi connectivity index (χ3n) is 5.23. The number of morpholine rings is 1. The summed E-state index contributed by atoms with van der Waals surface area (Å²) in [5.74, 6) is 2.40. The Bertz CT molecular complexity index is 327. The molecule has 0 radical (unpaired) electrons. The summed E-state index contributed by atoms with van der Waals surface area (Å²) in [7, 11) is 0. The van der Waals surface area contributed by atoms with Crippen molar-refractivity contribution in [2.75, 3.05) is 26.2 Å². The topological polar surface area (TPSA) is 29.5 Å². The second-order valence-corrected chi connectivity index (χ2v) is 6.82. The van der Waals surface area contributed by atoms with E-state index in [2.05, 4.69) is 11.8 Å². The molecule has 0 aromatic carbocycles. The molecule has 2 saturated carbocycles. The minimum atomic E-state index is -0.125. The fraction of sp³-hybridized carbons (Fsp3) is 0.938. The first-order chi connectivity index (χ1) is 9.24. The number of nitrogens with zero attached hydrogens (tertiary/aromatic N) is 1. The highest BCUT2D eigenvalue weighted by Gasteiger charge is 2.38. The fourth-order valence-electron chi connectivity index (χ4n) is 3.67. The van der Waals surface area contributed by atoms with Crippen LogP contribution < -0.4 is 0 Å². The third-order valence-corrected chi connectivity index (χ3v) is 5.23. The molecule has 0 unspecified atom stereocenters. The Morgan fingerprint density at radius 2 is 2.00 bits per heavy atom. The van der Waals surface area contributed by atoms with Gasteiger partial charge in [-0.2, -0.15) is 0 Å². The lowest BCUT2D eigenvalue weighted by atomic mass is 9.80. The van der Waals surface area contributed by atoms with E-state index in [1.165, 1.54) is 32.2 Å². The number of ether oxygens (including phenoxy) is 1. The zero-order chi connectivity index (χ0) is 13.2. The molecule has 0 N–H and O–H groups in total. The van der Waals surface area contributed by atoms with Gasteiger partial charge in [0.05, 0.1) is 6.61 Å². The summed E-state index contributed by atoms with van der Waals surface area (Å²) >= 11 is 0. The van der Waals surface area contributed by atoms with Crippen molar-refractivity contribution in [2.45, 2.75) is 51.6 Å². The molecule has 3 nitrogen and oxygen atoms in total. The van der Waals surface area contributed by atoms with Crippen molar-refractivity contribution in [1.29, 1.82) is 0 Å². The Hall–Kier alpha value is -0.410. The van der Waals surface area contributed by atoms with Crippen LogP contribution in [0.1, 0.15) is 45.4 Å². The van der Waals surface area contributed by atoms with Crippen molar-refractivity contribution in [3.8, 4) is 0 Å². The van der Waals surface area contributed by atoms with Gasteiger partial charge in [-0.05, 0) is 31.1 Å². The number of hydrogen-bond acceptors (Lipinski definition) is 3. The minimum Gasteiger partial charge on any atom is -0.368 e. The van der Waals surface area contributed by atoms with Crippen LogP contribution >= 0.6 is 0 Å². The van der Waals surface area contributed by atoms with Crippen molar-refractivity contribution in [2.24, 2.45) is 17.8 Å². The molecule has 0 bridgehead atoms. The maximum Gasteiger partial charge on any atom is 0.165 e. The largest absolute Gasteiger partial charge is 0.368 e. The van der Waals surface area contributed by atoms with Gasteiger partial charge in [0, 0.05) is 25.6 Å². The average molecular weight is 265 g/mol. The highest BCUT2D eigenvalue weighted by Crippen LogP contribution is 2.33. The number of ketones is 1. The van der Waals surface area contributed by atoms with Gasteiger partial charge < -0.3 is 4.74 Å². The lowest BCUT2D eigenvalue weighted by Crippen LogP contribution is -2.48. The molecule has 1 heterocycles. The Kier molecular flexibility index (Phi) is 4.23. The Morgan fingerprint density at radius 1 is 1.21 bits per heavy atom. The summed E-state index contributed by atoms with van der Waals surface area (Å²) in [5.41, 5.74) is 0. The number of carbonyl (C=O) groups excluding carboxylic acids is 1. The van der Waals surface area contributed by atoms with Gasteiger partial charge in [-0.25, -0.2) is 0 Å². The molecule has 19 heavy (non-hydrogen) atoms. The normalized spacial score (nSPS) is 37.2. The molecular formula is C16H27NO2. The lowest BCUT2D eigenvalue weighted by molar-refractivity contribution is -0.138. The SMILES string of the molecule is C[C@@H]1CCCC[C@H]1CN1CCO[C@@H](C(=O)C2CC2)C1. The molecule has 108 valence electrons. The summed E-state index contributed by atoms with van der Waals surface area (Å²) in [6.07, 6.45) is 7.63. The van der Waals surface area contributed by atoms with Crippen molar-refractivity contribution < 1.29 is 9.53 Å². The van der Waals surface area contributed by atoms with Gasteiger partial charge >= 0.3 is 0 Å². The summed E-state index contributed by atoms with van der Waals surface area (Å²) in [5, 5.41) is 0. The summed E-state index contributed by atoms with van der Waals surface area (Å²) in [6.45, 7) is 6.18. The third kappa shape index (κ3) is 3.38. The highest BCUT2D eigenvalue weighted by atomic mass is 16.5. The number of hydrogen-bond donors (Lipinski definition) is 0. The highest BCUT2D eigenvalue weighted by molar-refractivity contribution is 5.87. The predicted octanol–water partition coefficient (Wildman–Crippen LogP) is 2.49. The minimum absolute atomic E-state index is 0.125. The van der Waals surface area contributed by atoms with Gasteiger partial charge in [-0.3, -0.25) is 9.69 Å². The van der Waals surface area contributed by atoms with E-state index in [9.17, 15) is 4.79 Å². The molecular weight excluding hydrogens is 238 g/mol. The number of Topliss-reactive ketones (excluding diaryl/α,β-unsaturated/α-hetero) is 1. The first-order valence-electron chi connectivity index (χ1n) is 8.11. The van der Waals surface area contributed by atoms with Crippen LogP contribution in [0.5, 0.6) is 0 Å². The van der Waals surface area contributed by atoms with E-state index >= 15 is 0 Å². The van der Waals surface area contributed by atoms with E-state index in [1.807, 2.05) is 0 Å². The molecule has 0 aromatic rings. The Morgan fingerprint density at radius 3 is 2.74 bits per heavy atom. The maximum absolute atomic E-state index is 12.1. The zero-order valence-corrected chi connectivity index (χ0v) is 12.1. The molecule has 3 fully saturated rings. The van der Waals surface area contributed by atoms with E-state index in [4.69, 9.17) is 4.74 Å². The molecule has 2 aliphatic carbocycles. The van der Waals surface area contributed by atoms with Crippen molar-refractivity contribution >= 4 is 5.78 Å². The molecule has 0 aromatic heterocycles. The van der Waals surface area contributed by atoms with Crippen LogP contribution in [0, 0.1) is 17.8 Å². The van der Waals surface area contributed by atoms with Crippen LogP contribution in [-0.2, 0) is 9.53 Å². The van der Waals surface area contributed by atoms with Crippen molar-refractivity contribution in [3.63, 3.8) is 0 Å². The molecule has 3 heteroatoms. The summed E-state index contributed by atoms with van der Waals surface area (Å²) in [4.78, 5) is 14.6. The van der Waals surface area contributed by atoms with Crippen molar-refractivity contribution in [1.82, 2.24) is 4.90 Å². The van der Waals surface area contributed by atoms with Crippen LogP contribution in [0.2, 0.25) is 0 Å². The second-order valence-electron chi connectivity index (χ2n) is 6.82. The maximum atomic E-state index is 12.1. The molecule has 1 aliphatic heterocycles. The van der Waals surface area contributed by atoms with Gasteiger partial charge in [-0.15, -0.1) is 0 Å². The summed E-state index contributed by atoms with van der Waals surface area (Å²) in [6, 6.07) is 0. The molecule has 0 amide bonds. The smallest absolute Gasteiger partial charge is 0.165 e. The first kappa shape index (κ1) is 13.6. The Balaban J connectivity index is 1.51. The second kappa shape index (κ2) is 5.92. The lowest BCUT2D eigenvalue weighted by Gasteiger charge is -2.37. The molecule has 0 spiro atoms.